The van der Waals surface area contributed by atoms with E-state index in [-0.39, 0.29) is 10.7 Å². The van der Waals surface area contributed by atoms with Crippen molar-refractivity contribution < 1.29 is 9.02 Å². The fraction of sp³-hybridized carbons (Fsp3) is 0. The SMILES string of the molecule is Nc1ccc(Nc2cccc(Cl)c2F)c2nonc12. The molecule has 3 rings (SSSR count). The minimum atomic E-state index is -0.536. The predicted molar refractivity (Wildman–Crippen MR) is 70.9 cm³/mol. The molecule has 0 radical (unpaired) electrons. The highest BCUT2D eigenvalue weighted by molar-refractivity contribution is 6.31. The van der Waals surface area contributed by atoms with E-state index in [2.05, 4.69) is 20.3 Å². The molecule has 0 fully saturated rings. The first kappa shape index (κ1) is 11.7. The lowest BCUT2D eigenvalue weighted by atomic mass is 10.2. The monoisotopic (exact) mass is 278 g/mol. The lowest BCUT2D eigenvalue weighted by Gasteiger charge is -2.08. The van der Waals surface area contributed by atoms with E-state index < -0.39 is 5.82 Å². The lowest BCUT2D eigenvalue weighted by Crippen LogP contribution is -1.96. The van der Waals surface area contributed by atoms with Crippen LogP contribution in [0.4, 0.5) is 21.5 Å². The number of anilines is 3. The Labute approximate surface area is 112 Å². The Bertz CT molecular complexity index is 759. The fourth-order valence-corrected chi connectivity index (χ4v) is 1.91. The first-order valence-corrected chi connectivity index (χ1v) is 5.76. The van der Waals surface area contributed by atoms with Crippen LogP contribution in [0.3, 0.4) is 0 Å². The van der Waals surface area contributed by atoms with Gasteiger partial charge in [0.05, 0.1) is 22.1 Å². The summed E-state index contributed by atoms with van der Waals surface area (Å²) in [6, 6.07) is 7.98. The maximum atomic E-state index is 13.8. The second-order valence-corrected chi connectivity index (χ2v) is 4.30. The normalized spacial score (nSPS) is 10.8. The second-order valence-electron chi connectivity index (χ2n) is 3.89. The molecule has 0 saturated carbocycles. The third kappa shape index (κ3) is 1.96. The molecule has 0 aliphatic heterocycles. The van der Waals surface area contributed by atoms with Crippen molar-refractivity contribution in [1.82, 2.24) is 10.3 Å². The van der Waals surface area contributed by atoms with Gasteiger partial charge in [-0.15, -0.1) is 0 Å². The molecule has 19 heavy (non-hydrogen) atoms. The van der Waals surface area contributed by atoms with Crippen LogP contribution in [0.5, 0.6) is 0 Å². The number of benzene rings is 2. The van der Waals surface area contributed by atoms with E-state index in [1.807, 2.05) is 0 Å². The molecule has 0 aliphatic rings. The number of nitrogen functional groups attached to an aromatic ring is 1. The van der Waals surface area contributed by atoms with Crippen molar-refractivity contribution in [2.45, 2.75) is 0 Å². The average Bonchev–Trinajstić information content (AvgIpc) is 2.88. The predicted octanol–water partition coefficient (Wildman–Crippen LogP) is 3.34. The highest BCUT2D eigenvalue weighted by atomic mass is 35.5. The maximum absolute atomic E-state index is 13.8. The van der Waals surface area contributed by atoms with Crippen LogP contribution >= 0.6 is 11.6 Å². The zero-order valence-electron chi connectivity index (χ0n) is 9.52. The third-order valence-corrected chi connectivity index (χ3v) is 2.96. The molecule has 7 heteroatoms. The van der Waals surface area contributed by atoms with Gasteiger partial charge in [0, 0.05) is 0 Å². The summed E-state index contributed by atoms with van der Waals surface area (Å²) in [5.74, 6) is -0.536. The van der Waals surface area contributed by atoms with Gasteiger partial charge in [-0.2, -0.15) is 0 Å². The van der Waals surface area contributed by atoms with Crippen LogP contribution in [0.1, 0.15) is 0 Å². The number of nitrogens with two attached hydrogens (primary N) is 1. The number of fused-ring (bicyclic) bond motifs is 1. The summed E-state index contributed by atoms with van der Waals surface area (Å²) >= 11 is 5.72. The zero-order chi connectivity index (χ0) is 13.4. The molecule has 96 valence electrons. The first-order chi connectivity index (χ1) is 9.16. The molecule has 0 amide bonds. The summed E-state index contributed by atoms with van der Waals surface area (Å²) in [6.45, 7) is 0. The Morgan fingerprint density at radius 1 is 1.11 bits per heavy atom. The van der Waals surface area contributed by atoms with Crippen LogP contribution in [0, 0.1) is 5.82 Å². The standard InChI is InChI=1S/C12H8ClFN4O/c13-6-2-1-3-8(10(6)14)16-9-5-4-7(15)11-12(9)18-19-17-11/h1-5,16H,15H2. The Morgan fingerprint density at radius 2 is 1.89 bits per heavy atom. The molecule has 5 nitrogen and oxygen atoms in total. The Balaban J connectivity index is 2.09. The van der Waals surface area contributed by atoms with Gasteiger partial charge in [-0.1, -0.05) is 17.7 Å². The summed E-state index contributed by atoms with van der Waals surface area (Å²) < 4.78 is 18.5. The second kappa shape index (κ2) is 4.40. The van der Waals surface area contributed by atoms with Gasteiger partial charge in [0.2, 0.25) is 0 Å². The van der Waals surface area contributed by atoms with Gasteiger partial charge >= 0.3 is 0 Å². The van der Waals surface area contributed by atoms with Crippen molar-refractivity contribution in [3.8, 4) is 0 Å². The van der Waals surface area contributed by atoms with E-state index in [1.54, 1.807) is 24.3 Å². The van der Waals surface area contributed by atoms with Gasteiger partial charge in [-0.3, -0.25) is 0 Å². The highest BCUT2D eigenvalue weighted by Crippen LogP contribution is 2.30. The number of halogens is 2. The van der Waals surface area contributed by atoms with Gasteiger partial charge in [0.15, 0.2) is 16.9 Å². The van der Waals surface area contributed by atoms with Crippen LogP contribution < -0.4 is 11.1 Å². The summed E-state index contributed by atoms with van der Waals surface area (Å²) in [6.07, 6.45) is 0. The molecule has 0 unspecified atom stereocenters. The Morgan fingerprint density at radius 3 is 2.74 bits per heavy atom. The van der Waals surface area contributed by atoms with E-state index >= 15 is 0 Å². The fourth-order valence-electron chi connectivity index (χ4n) is 1.73. The van der Waals surface area contributed by atoms with Crippen molar-refractivity contribution >= 4 is 39.7 Å². The topological polar surface area (TPSA) is 77.0 Å². The van der Waals surface area contributed by atoms with E-state index in [4.69, 9.17) is 17.3 Å². The lowest BCUT2D eigenvalue weighted by molar-refractivity contribution is 0.316. The molecule has 2 aromatic carbocycles. The molecule has 0 saturated heterocycles. The van der Waals surface area contributed by atoms with Gasteiger partial charge in [-0.25, -0.2) is 9.02 Å². The molecule has 0 bridgehead atoms. The Hall–Kier alpha value is -2.34. The molecule has 1 aromatic heterocycles. The molecular formula is C12H8ClFN4O. The van der Waals surface area contributed by atoms with E-state index in [9.17, 15) is 4.39 Å². The van der Waals surface area contributed by atoms with Crippen LogP contribution in [-0.4, -0.2) is 10.3 Å². The van der Waals surface area contributed by atoms with Crippen molar-refractivity contribution in [3.05, 3.63) is 41.2 Å². The van der Waals surface area contributed by atoms with Crippen LogP contribution in [0.25, 0.3) is 11.0 Å². The Kier molecular flexibility index (Phi) is 2.72. The molecule has 0 aliphatic carbocycles. The largest absolute Gasteiger partial charge is 0.397 e. The van der Waals surface area contributed by atoms with Crippen molar-refractivity contribution in [2.24, 2.45) is 0 Å². The van der Waals surface area contributed by atoms with Crippen molar-refractivity contribution in [1.29, 1.82) is 0 Å². The highest BCUT2D eigenvalue weighted by Gasteiger charge is 2.12. The van der Waals surface area contributed by atoms with Gasteiger partial charge in [-0.05, 0) is 34.6 Å². The molecule has 3 N–H and O–H groups in total. The molecule has 3 aromatic rings. The summed E-state index contributed by atoms with van der Waals surface area (Å²) in [4.78, 5) is 0. The van der Waals surface area contributed by atoms with Crippen molar-refractivity contribution in [3.63, 3.8) is 0 Å². The summed E-state index contributed by atoms with van der Waals surface area (Å²) in [5.41, 5.74) is 7.79. The molecule has 0 spiro atoms. The minimum Gasteiger partial charge on any atom is -0.397 e. The zero-order valence-corrected chi connectivity index (χ0v) is 10.3. The number of rotatable bonds is 2. The smallest absolute Gasteiger partial charge is 0.165 e. The van der Waals surface area contributed by atoms with Crippen molar-refractivity contribution in [2.75, 3.05) is 11.1 Å². The maximum Gasteiger partial charge on any atom is 0.165 e. The number of hydrogen-bond donors (Lipinski definition) is 2. The molecule has 1 heterocycles. The first-order valence-electron chi connectivity index (χ1n) is 5.38. The number of aromatic nitrogens is 2. The van der Waals surface area contributed by atoms with Gasteiger partial charge in [0.25, 0.3) is 0 Å². The minimum absolute atomic E-state index is 0.0370. The summed E-state index contributed by atoms with van der Waals surface area (Å²) in [7, 11) is 0. The quantitative estimate of drug-likeness (QED) is 0.703. The van der Waals surface area contributed by atoms with E-state index in [0.29, 0.717) is 22.4 Å². The van der Waals surface area contributed by atoms with Crippen LogP contribution in [-0.2, 0) is 0 Å². The average molecular weight is 279 g/mol. The number of nitrogens with zero attached hydrogens (tertiary/aromatic N) is 2. The molecule has 0 atom stereocenters. The number of hydrogen-bond acceptors (Lipinski definition) is 5. The third-order valence-electron chi connectivity index (χ3n) is 2.67. The summed E-state index contributed by atoms with van der Waals surface area (Å²) in [5, 5.41) is 10.4. The van der Waals surface area contributed by atoms with Crippen LogP contribution in [0.2, 0.25) is 5.02 Å². The van der Waals surface area contributed by atoms with E-state index in [0.717, 1.165) is 0 Å². The van der Waals surface area contributed by atoms with Gasteiger partial charge in [0.1, 0.15) is 0 Å². The molecular weight excluding hydrogens is 271 g/mol. The van der Waals surface area contributed by atoms with Crippen LogP contribution in [0.15, 0.2) is 35.0 Å². The van der Waals surface area contributed by atoms with Gasteiger partial charge < -0.3 is 11.1 Å². The van der Waals surface area contributed by atoms with E-state index in [1.165, 1.54) is 6.07 Å². The number of nitrogens with one attached hydrogen (secondary N) is 1.